The largest absolute Gasteiger partial charge is 0.0894 e. The minimum absolute atomic E-state index is 0.987. The molecular weight excluding hydrogens is 235 g/mol. The van der Waals surface area contributed by atoms with Crippen LogP contribution in [0.1, 0.15) is 5.56 Å². The van der Waals surface area contributed by atoms with E-state index in [0.29, 0.717) is 0 Å². The first-order valence-corrected chi connectivity index (χ1v) is 4.24. The molecule has 0 unspecified atom stereocenters. The Labute approximate surface area is 75.1 Å². The molecule has 1 aromatic rings. The lowest BCUT2D eigenvalue weighted by Crippen LogP contribution is -1.80. The molecular formula is C9H9I. The summed E-state index contributed by atoms with van der Waals surface area (Å²) in [6.45, 7) is 3.84. The molecule has 52 valence electrons. The number of rotatable bonds is 2. The van der Waals surface area contributed by atoms with E-state index in [1.165, 1.54) is 9.14 Å². The highest BCUT2D eigenvalue weighted by atomic mass is 127. The third-order valence-electron chi connectivity index (χ3n) is 1.24. The van der Waals surface area contributed by atoms with Gasteiger partial charge in [0.1, 0.15) is 0 Å². The van der Waals surface area contributed by atoms with Crippen molar-refractivity contribution in [3.8, 4) is 0 Å². The number of hydrogen-bond donors (Lipinski definition) is 0. The minimum Gasteiger partial charge on any atom is -0.0894 e. The molecule has 0 aliphatic carbocycles. The molecule has 0 aromatic heterocycles. The van der Waals surface area contributed by atoms with Crippen LogP contribution in [0, 0.1) is 0 Å². The van der Waals surface area contributed by atoms with Crippen molar-refractivity contribution in [1.82, 2.24) is 0 Å². The second kappa shape index (κ2) is 3.76. The molecule has 1 aromatic carbocycles. The van der Waals surface area contributed by atoms with Crippen molar-refractivity contribution < 1.29 is 0 Å². The van der Waals surface area contributed by atoms with E-state index in [4.69, 9.17) is 0 Å². The molecule has 0 spiro atoms. The average molecular weight is 244 g/mol. The van der Waals surface area contributed by atoms with Crippen molar-refractivity contribution in [2.75, 3.05) is 0 Å². The van der Waals surface area contributed by atoms with Gasteiger partial charge >= 0.3 is 0 Å². The highest BCUT2D eigenvalue weighted by Gasteiger charge is 1.89. The smallest absolute Gasteiger partial charge is 0.00265 e. The molecule has 0 bridgehead atoms. The van der Waals surface area contributed by atoms with Gasteiger partial charge in [0.15, 0.2) is 0 Å². The number of hydrogen-bond acceptors (Lipinski definition) is 0. The first-order chi connectivity index (χ1) is 4.79. The predicted octanol–water partition coefficient (Wildman–Crippen LogP) is 3.18. The molecule has 0 aliphatic rings. The SMILES string of the molecule is C=C(I)Cc1ccccc1. The van der Waals surface area contributed by atoms with E-state index in [-0.39, 0.29) is 0 Å². The minimum atomic E-state index is 0.987. The van der Waals surface area contributed by atoms with Crippen LogP contribution in [0.2, 0.25) is 0 Å². The van der Waals surface area contributed by atoms with Crippen LogP contribution < -0.4 is 0 Å². The van der Waals surface area contributed by atoms with Crippen LogP contribution in [-0.4, -0.2) is 0 Å². The zero-order valence-corrected chi connectivity index (χ0v) is 7.84. The van der Waals surface area contributed by atoms with Gasteiger partial charge in [-0.1, -0.05) is 36.9 Å². The summed E-state index contributed by atoms with van der Waals surface area (Å²) in [5, 5.41) is 0. The van der Waals surface area contributed by atoms with Crippen LogP contribution in [0.5, 0.6) is 0 Å². The molecule has 0 saturated heterocycles. The van der Waals surface area contributed by atoms with Crippen LogP contribution in [0.3, 0.4) is 0 Å². The van der Waals surface area contributed by atoms with E-state index in [2.05, 4.69) is 53.4 Å². The molecule has 1 heteroatoms. The highest BCUT2D eigenvalue weighted by molar-refractivity contribution is 14.1. The third-order valence-corrected chi connectivity index (χ3v) is 1.62. The van der Waals surface area contributed by atoms with E-state index >= 15 is 0 Å². The fraction of sp³-hybridized carbons (Fsp3) is 0.111. The molecule has 0 amide bonds. The van der Waals surface area contributed by atoms with Crippen LogP contribution >= 0.6 is 22.6 Å². The van der Waals surface area contributed by atoms with Gasteiger partial charge in [-0.25, -0.2) is 0 Å². The van der Waals surface area contributed by atoms with Gasteiger partial charge in [0.05, 0.1) is 0 Å². The lowest BCUT2D eigenvalue weighted by Gasteiger charge is -1.96. The lowest BCUT2D eigenvalue weighted by molar-refractivity contribution is 1.27. The second-order valence-corrected chi connectivity index (χ2v) is 3.71. The van der Waals surface area contributed by atoms with E-state index in [1.54, 1.807) is 0 Å². The summed E-state index contributed by atoms with van der Waals surface area (Å²) in [4.78, 5) is 0. The van der Waals surface area contributed by atoms with Gasteiger partial charge in [-0.2, -0.15) is 0 Å². The number of halogens is 1. The third kappa shape index (κ3) is 2.52. The highest BCUT2D eigenvalue weighted by Crippen LogP contribution is 2.10. The van der Waals surface area contributed by atoms with Crippen molar-refractivity contribution in [3.63, 3.8) is 0 Å². The van der Waals surface area contributed by atoms with Crippen LogP contribution in [-0.2, 0) is 6.42 Å². The van der Waals surface area contributed by atoms with Crippen molar-refractivity contribution >= 4 is 22.6 Å². The Hall–Kier alpha value is -0.310. The molecule has 0 fully saturated rings. The van der Waals surface area contributed by atoms with E-state index in [1.807, 2.05) is 6.07 Å². The first kappa shape index (κ1) is 7.79. The van der Waals surface area contributed by atoms with Gasteiger partial charge in [-0.15, -0.1) is 0 Å². The summed E-state index contributed by atoms with van der Waals surface area (Å²) in [6, 6.07) is 10.4. The van der Waals surface area contributed by atoms with Crippen LogP contribution in [0.4, 0.5) is 0 Å². The maximum Gasteiger partial charge on any atom is 0.00265 e. The van der Waals surface area contributed by atoms with Crippen LogP contribution in [0.25, 0.3) is 0 Å². The molecule has 0 atom stereocenters. The molecule has 0 nitrogen and oxygen atoms in total. The molecule has 0 saturated carbocycles. The Balaban J connectivity index is 2.67. The standard InChI is InChI=1S/C9H9I/c1-8(10)7-9-5-3-2-4-6-9/h2-6H,1,7H2. The normalized spacial score (nSPS) is 9.30. The molecule has 0 N–H and O–H groups in total. The summed E-state index contributed by atoms with van der Waals surface area (Å²) < 4.78 is 1.18. The second-order valence-electron chi connectivity index (χ2n) is 2.18. The van der Waals surface area contributed by atoms with Crippen molar-refractivity contribution in [2.45, 2.75) is 6.42 Å². The molecule has 0 aliphatic heterocycles. The predicted molar refractivity (Wildman–Crippen MR) is 53.3 cm³/mol. The zero-order chi connectivity index (χ0) is 7.40. The van der Waals surface area contributed by atoms with Gasteiger partial charge in [0.2, 0.25) is 0 Å². The topological polar surface area (TPSA) is 0 Å². The van der Waals surface area contributed by atoms with E-state index in [9.17, 15) is 0 Å². The van der Waals surface area contributed by atoms with Crippen molar-refractivity contribution in [3.05, 3.63) is 46.1 Å². The molecule has 1 rings (SSSR count). The Kier molecular flexibility index (Phi) is 2.93. The summed E-state index contributed by atoms with van der Waals surface area (Å²) in [5.74, 6) is 0. The van der Waals surface area contributed by atoms with Crippen LogP contribution in [0.15, 0.2) is 40.5 Å². The van der Waals surface area contributed by atoms with Gasteiger partial charge in [-0.3, -0.25) is 0 Å². The van der Waals surface area contributed by atoms with Gasteiger partial charge in [0, 0.05) is 6.42 Å². The summed E-state index contributed by atoms with van der Waals surface area (Å²) in [6.07, 6.45) is 0.987. The summed E-state index contributed by atoms with van der Waals surface area (Å²) >= 11 is 2.25. The molecule has 0 heterocycles. The maximum atomic E-state index is 3.84. The van der Waals surface area contributed by atoms with E-state index in [0.717, 1.165) is 6.42 Å². The lowest BCUT2D eigenvalue weighted by atomic mass is 10.2. The van der Waals surface area contributed by atoms with Crippen molar-refractivity contribution in [1.29, 1.82) is 0 Å². The summed E-state index contributed by atoms with van der Waals surface area (Å²) in [7, 11) is 0. The maximum absolute atomic E-state index is 3.84. The Morgan fingerprint density at radius 1 is 1.30 bits per heavy atom. The quantitative estimate of drug-likeness (QED) is 0.701. The Bertz CT molecular complexity index is 213. The van der Waals surface area contributed by atoms with Gasteiger partial charge in [-0.05, 0) is 31.7 Å². The average Bonchev–Trinajstić information content (AvgIpc) is 1.88. The monoisotopic (exact) mass is 244 g/mol. The Morgan fingerprint density at radius 3 is 2.40 bits per heavy atom. The first-order valence-electron chi connectivity index (χ1n) is 3.16. The van der Waals surface area contributed by atoms with Crippen molar-refractivity contribution in [2.24, 2.45) is 0 Å². The summed E-state index contributed by atoms with van der Waals surface area (Å²) in [5.41, 5.74) is 1.34. The molecule has 10 heavy (non-hydrogen) atoms. The fourth-order valence-electron chi connectivity index (χ4n) is 0.817. The number of benzene rings is 1. The van der Waals surface area contributed by atoms with E-state index < -0.39 is 0 Å². The Morgan fingerprint density at radius 2 is 1.90 bits per heavy atom. The fourth-order valence-corrected chi connectivity index (χ4v) is 1.26. The molecule has 0 radical (unpaired) electrons. The van der Waals surface area contributed by atoms with Gasteiger partial charge < -0.3 is 0 Å². The zero-order valence-electron chi connectivity index (χ0n) is 5.68. The number of allylic oxidation sites excluding steroid dienone is 1. The van der Waals surface area contributed by atoms with Gasteiger partial charge in [0.25, 0.3) is 0 Å².